The fraction of sp³-hybridized carbons (Fsp3) is 0.500. The molecule has 0 radical (unpaired) electrons. The first kappa shape index (κ1) is 16.7. The van der Waals surface area contributed by atoms with Crippen LogP contribution >= 0.6 is 0 Å². The van der Waals surface area contributed by atoms with Gasteiger partial charge < -0.3 is 14.4 Å². The second-order valence-electron chi connectivity index (χ2n) is 4.64. The van der Waals surface area contributed by atoms with Gasteiger partial charge in [0.1, 0.15) is 6.54 Å². The first-order valence-electron chi connectivity index (χ1n) is 6.65. The number of hydrogen-bond donors (Lipinski definition) is 0. The molecule has 0 aliphatic heterocycles. The van der Waals surface area contributed by atoms with Crippen LogP contribution in [-0.2, 0) is 9.53 Å². The number of nitro groups is 1. The predicted octanol–water partition coefficient (Wildman–Crippen LogP) is 2.38. The number of benzene rings is 1. The molecule has 0 aromatic heterocycles. The van der Waals surface area contributed by atoms with Crippen molar-refractivity contribution in [2.24, 2.45) is 0 Å². The van der Waals surface area contributed by atoms with Crippen molar-refractivity contribution >= 4 is 17.3 Å². The number of carbonyl (C=O) groups is 1. The Kier molecular flexibility index (Phi) is 5.95. The molecule has 0 bridgehead atoms. The molecule has 0 fully saturated rings. The molecule has 0 saturated heterocycles. The van der Waals surface area contributed by atoms with Crippen LogP contribution in [0.3, 0.4) is 0 Å². The third-order valence-electron chi connectivity index (χ3n) is 2.92. The molecule has 0 heterocycles. The molecule has 0 N–H and O–H groups in total. The van der Waals surface area contributed by atoms with Crippen molar-refractivity contribution in [3.63, 3.8) is 0 Å². The second kappa shape index (κ2) is 7.47. The fourth-order valence-electron chi connectivity index (χ4n) is 1.91. The number of esters is 1. The number of ether oxygens (including phenoxy) is 2. The third-order valence-corrected chi connectivity index (χ3v) is 2.92. The zero-order chi connectivity index (χ0) is 16.0. The van der Waals surface area contributed by atoms with E-state index in [-0.39, 0.29) is 30.0 Å². The van der Waals surface area contributed by atoms with Gasteiger partial charge in [0, 0.05) is 23.9 Å². The number of nitrogens with zero attached hydrogens (tertiary/aromatic N) is 2. The normalized spacial score (nSPS) is 10.3. The maximum Gasteiger partial charge on any atom is 0.325 e. The first-order chi connectivity index (χ1) is 9.90. The molecule has 1 rings (SSSR count). The highest BCUT2D eigenvalue weighted by atomic mass is 16.6. The van der Waals surface area contributed by atoms with Crippen LogP contribution in [0.5, 0.6) is 5.75 Å². The van der Waals surface area contributed by atoms with Crippen LogP contribution < -0.4 is 9.64 Å². The molecule has 0 amide bonds. The maximum atomic E-state index is 11.7. The molecule has 0 spiro atoms. The lowest BCUT2D eigenvalue weighted by atomic mass is 10.2. The highest BCUT2D eigenvalue weighted by Crippen LogP contribution is 2.32. The summed E-state index contributed by atoms with van der Waals surface area (Å²) in [6, 6.07) is 4.55. The zero-order valence-electron chi connectivity index (χ0n) is 12.7. The number of anilines is 1. The Bertz CT molecular complexity index is 516. The van der Waals surface area contributed by atoms with Crippen molar-refractivity contribution in [3.05, 3.63) is 28.3 Å². The Morgan fingerprint density at radius 1 is 1.43 bits per heavy atom. The SMILES string of the molecule is CCOC(=O)CN(c1ccc([N+](=O)[O-])c(OC)c1)C(C)C. The Morgan fingerprint density at radius 2 is 2.10 bits per heavy atom. The molecule has 116 valence electrons. The molecule has 0 aliphatic rings. The lowest BCUT2D eigenvalue weighted by Crippen LogP contribution is -2.36. The summed E-state index contributed by atoms with van der Waals surface area (Å²) >= 11 is 0. The molecule has 0 saturated carbocycles. The Balaban J connectivity index is 3.09. The minimum absolute atomic E-state index is 0.0283. The van der Waals surface area contributed by atoms with Gasteiger partial charge in [-0.05, 0) is 26.8 Å². The minimum Gasteiger partial charge on any atom is -0.490 e. The van der Waals surface area contributed by atoms with Crippen LogP contribution in [0, 0.1) is 10.1 Å². The van der Waals surface area contributed by atoms with Gasteiger partial charge in [0.15, 0.2) is 5.75 Å². The fourth-order valence-corrected chi connectivity index (χ4v) is 1.91. The minimum atomic E-state index is -0.506. The van der Waals surface area contributed by atoms with Gasteiger partial charge in [-0.1, -0.05) is 0 Å². The standard InChI is InChI=1S/C14H20N2O5/c1-5-21-14(17)9-15(10(2)3)11-6-7-12(16(18)19)13(8-11)20-4/h6-8,10H,5,9H2,1-4H3. The quantitative estimate of drug-likeness (QED) is 0.436. The van der Waals surface area contributed by atoms with Crippen LogP contribution in [-0.4, -0.2) is 37.2 Å². The summed E-state index contributed by atoms with van der Waals surface area (Å²) in [5.74, 6) is -0.185. The Labute approximate surface area is 123 Å². The summed E-state index contributed by atoms with van der Waals surface area (Å²) in [7, 11) is 1.37. The van der Waals surface area contributed by atoms with E-state index in [1.807, 2.05) is 13.8 Å². The summed E-state index contributed by atoms with van der Waals surface area (Å²) in [4.78, 5) is 23.8. The largest absolute Gasteiger partial charge is 0.490 e. The van der Waals surface area contributed by atoms with E-state index in [0.717, 1.165) is 0 Å². The van der Waals surface area contributed by atoms with E-state index in [9.17, 15) is 14.9 Å². The van der Waals surface area contributed by atoms with Crippen LogP contribution in [0.4, 0.5) is 11.4 Å². The number of hydrogen-bond acceptors (Lipinski definition) is 6. The number of carbonyl (C=O) groups excluding carboxylic acids is 1. The van der Waals surface area contributed by atoms with E-state index in [0.29, 0.717) is 12.3 Å². The van der Waals surface area contributed by atoms with Crippen LogP contribution in [0.15, 0.2) is 18.2 Å². The number of nitro benzene ring substituents is 1. The lowest BCUT2D eigenvalue weighted by molar-refractivity contribution is -0.385. The summed E-state index contributed by atoms with van der Waals surface area (Å²) in [5, 5.41) is 10.9. The van der Waals surface area contributed by atoms with Gasteiger partial charge in [0.05, 0.1) is 18.6 Å². The molecule has 7 nitrogen and oxygen atoms in total. The smallest absolute Gasteiger partial charge is 0.325 e. The average Bonchev–Trinajstić information content (AvgIpc) is 2.43. The molecule has 1 aromatic rings. The van der Waals surface area contributed by atoms with Crippen molar-refractivity contribution in [1.29, 1.82) is 0 Å². The molecular weight excluding hydrogens is 276 g/mol. The molecular formula is C14H20N2O5. The van der Waals surface area contributed by atoms with Crippen molar-refractivity contribution in [3.8, 4) is 5.75 Å². The topological polar surface area (TPSA) is 81.9 Å². The van der Waals surface area contributed by atoms with E-state index < -0.39 is 4.92 Å². The highest BCUT2D eigenvalue weighted by molar-refractivity contribution is 5.76. The summed E-state index contributed by atoms with van der Waals surface area (Å²) < 4.78 is 9.99. The van der Waals surface area contributed by atoms with Gasteiger partial charge >= 0.3 is 11.7 Å². The van der Waals surface area contributed by atoms with Gasteiger partial charge in [-0.15, -0.1) is 0 Å². The van der Waals surface area contributed by atoms with Gasteiger partial charge in [-0.3, -0.25) is 14.9 Å². The van der Waals surface area contributed by atoms with E-state index in [4.69, 9.17) is 9.47 Å². The molecule has 0 atom stereocenters. The van der Waals surface area contributed by atoms with Gasteiger partial charge in [-0.25, -0.2) is 0 Å². The summed E-state index contributed by atoms with van der Waals surface area (Å²) in [5.41, 5.74) is 0.557. The van der Waals surface area contributed by atoms with Crippen molar-refractivity contribution < 1.29 is 19.2 Å². The zero-order valence-corrected chi connectivity index (χ0v) is 12.7. The molecule has 0 unspecified atom stereocenters. The molecule has 7 heteroatoms. The highest BCUT2D eigenvalue weighted by Gasteiger charge is 2.20. The van der Waals surface area contributed by atoms with Crippen molar-refractivity contribution in [1.82, 2.24) is 0 Å². The van der Waals surface area contributed by atoms with Crippen LogP contribution in [0.25, 0.3) is 0 Å². The lowest BCUT2D eigenvalue weighted by Gasteiger charge is -2.28. The third kappa shape index (κ3) is 4.34. The number of rotatable bonds is 7. The Morgan fingerprint density at radius 3 is 2.57 bits per heavy atom. The molecule has 0 aliphatic carbocycles. The van der Waals surface area contributed by atoms with E-state index >= 15 is 0 Å². The molecule has 1 aromatic carbocycles. The van der Waals surface area contributed by atoms with Crippen molar-refractivity contribution in [2.45, 2.75) is 26.8 Å². The van der Waals surface area contributed by atoms with Crippen molar-refractivity contribution in [2.75, 3.05) is 25.2 Å². The van der Waals surface area contributed by atoms with E-state index in [1.54, 1.807) is 24.0 Å². The Hall–Kier alpha value is -2.31. The van der Waals surface area contributed by atoms with Gasteiger partial charge in [0.2, 0.25) is 0 Å². The van der Waals surface area contributed by atoms with E-state index in [2.05, 4.69) is 0 Å². The van der Waals surface area contributed by atoms with Crippen LogP contribution in [0.1, 0.15) is 20.8 Å². The predicted molar refractivity (Wildman–Crippen MR) is 78.8 cm³/mol. The summed E-state index contributed by atoms with van der Waals surface area (Å²) in [6.07, 6.45) is 0. The van der Waals surface area contributed by atoms with Crippen LogP contribution in [0.2, 0.25) is 0 Å². The summed E-state index contributed by atoms with van der Waals surface area (Å²) in [6.45, 7) is 5.98. The van der Waals surface area contributed by atoms with Gasteiger partial charge in [-0.2, -0.15) is 0 Å². The second-order valence-corrected chi connectivity index (χ2v) is 4.64. The first-order valence-corrected chi connectivity index (χ1v) is 6.65. The van der Waals surface area contributed by atoms with E-state index in [1.165, 1.54) is 13.2 Å². The maximum absolute atomic E-state index is 11.7. The number of methoxy groups -OCH3 is 1. The molecule has 21 heavy (non-hydrogen) atoms. The monoisotopic (exact) mass is 296 g/mol. The van der Waals surface area contributed by atoms with Gasteiger partial charge in [0.25, 0.3) is 0 Å². The average molecular weight is 296 g/mol.